The first kappa shape index (κ1) is 23.4. The van der Waals surface area contributed by atoms with Crippen LogP contribution in [0.3, 0.4) is 0 Å². The monoisotopic (exact) mass is 457 g/mol. The maximum Gasteiger partial charge on any atom is 0.254 e. The zero-order valence-electron chi connectivity index (χ0n) is 19.8. The quantitative estimate of drug-likeness (QED) is 0.541. The van der Waals surface area contributed by atoms with Gasteiger partial charge in [-0.2, -0.15) is 0 Å². The zero-order chi connectivity index (χ0) is 23.9. The molecule has 0 radical (unpaired) electrons. The summed E-state index contributed by atoms with van der Waals surface area (Å²) < 4.78 is 0. The van der Waals surface area contributed by atoms with Gasteiger partial charge >= 0.3 is 0 Å². The molecule has 1 aromatic heterocycles. The fourth-order valence-corrected chi connectivity index (χ4v) is 4.08. The van der Waals surface area contributed by atoms with E-state index in [1.807, 2.05) is 79.4 Å². The predicted molar refractivity (Wildman–Crippen MR) is 133 cm³/mol. The molecular formula is C27H31N5O2. The van der Waals surface area contributed by atoms with Gasteiger partial charge < -0.3 is 14.7 Å². The number of benzene rings is 2. The Hall–Kier alpha value is -3.74. The van der Waals surface area contributed by atoms with Gasteiger partial charge in [-0.05, 0) is 37.6 Å². The third-order valence-corrected chi connectivity index (χ3v) is 6.39. The van der Waals surface area contributed by atoms with Crippen LogP contribution in [0.25, 0.3) is 11.3 Å². The van der Waals surface area contributed by atoms with Crippen LogP contribution in [0.5, 0.6) is 0 Å². The zero-order valence-corrected chi connectivity index (χ0v) is 19.8. The van der Waals surface area contributed by atoms with Gasteiger partial charge in [-0.1, -0.05) is 55.5 Å². The summed E-state index contributed by atoms with van der Waals surface area (Å²) in [6, 6.07) is 23.1. The van der Waals surface area contributed by atoms with Crippen LogP contribution >= 0.6 is 0 Å². The van der Waals surface area contributed by atoms with Gasteiger partial charge in [0.05, 0.1) is 5.69 Å². The second-order valence-electron chi connectivity index (χ2n) is 8.57. The molecule has 0 aliphatic carbocycles. The molecule has 7 heteroatoms. The lowest BCUT2D eigenvalue weighted by Crippen LogP contribution is -2.53. The van der Waals surface area contributed by atoms with Gasteiger partial charge in [0.15, 0.2) is 5.82 Å². The van der Waals surface area contributed by atoms with Gasteiger partial charge in [0, 0.05) is 43.3 Å². The van der Waals surface area contributed by atoms with E-state index in [1.54, 1.807) is 17.0 Å². The van der Waals surface area contributed by atoms with E-state index in [0.29, 0.717) is 31.7 Å². The summed E-state index contributed by atoms with van der Waals surface area (Å²) in [6.45, 7) is 6.66. The van der Waals surface area contributed by atoms with E-state index in [9.17, 15) is 9.59 Å². The van der Waals surface area contributed by atoms with E-state index in [1.165, 1.54) is 0 Å². The fourth-order valence-electron chi connectivity index (χ4n) is 4.08. The number of aromatic nitrogens is 2. The Balaban J connectivity index is 1.35. The smallest absolute Gasteiger partial charge is 0.254 e. The Morgan fingerprint density at radius 1 is 0.882 bits per heavy atom. The highest BCUT2D eigenvalue weighted by molar-refractivity contribution is 5.96. The first-order valence-electron chi connectivity index (χ1n) is 11.8. The minimum atomic E-state index is -0.101. The van der Waals surface area contributed by atoms with E-state index < -0.39 is 0 Å². The van der Waals surface area contributed by atoms with Crippen LogP contribution in [-0.4, -0.2) is 70.6 Å². The number of anilines is 1. The van der Waals surface area contributed by atoms with Crippen LogP contribution in [0.4, 0.5) is 5.82 Å². The van der Waals surface area contributed by atoms with Crippen LogP contribution in [0.15, 0.2) is 72.8 Å². The molecule has 0 unspecified atom stereocenters. The molecule has 0 bridgehead atoms. The van der Waals surface area contributed by atoms with Crippen LogP contribution in [-0.2, 0) is 4.79 Å². The molecule has 7 nitrogen and oxygen atoms in total. The second kappa shape index (κ2) is 10.9. The van der Waals surface area contributed by atoms with Crippen molar-refractivity contribution in [3.05, 3.63) is 78.4 Å². The summed E-state index contributed by atoms with van der Waals surface area (Å²) in [5.41, 5.74) is 2.48. The maximum atomic E-state index is 13.1. The van der Waals surface area contributed by atoms with E-state index in [0.717, 1.165) is 23.5 Å². The van der Waals surface area contributed by atoms with Crippen molar-refractivity contribution in [3.63, 3.8) is 0 Å². The number of carbonyl (C=O) groups is 2. The van der Waals surface area contributed by atoms with Crippen LogP contribution in [0.1, 0.15) is 30.6 Å². The topological polar surface area (TPSA) is 69.6 Å². The molecule has 4 rings (SSSR count). The molecule has 176 valence electrons. The number of nitrogens with zero attached hydrogens (tertiary/aromatic N) is 5. The molecule has 34 heavy (non-hydrogen) atoms. The molecule has 1 atom stereocenters. The Kier molecular flexibility index (Phi) is 7.52. The number of piperazine rings is 1. The van der Waals surface area contributed by atoms with Crippen LogP contribution < -0.4 is 4.90 Å². The Morgan fingerprint density at radius 3 is 2.12 bits per heavy atom. The molecular weight excluding hydrogens is 426 g/mol. The lowest BCUT2D eigenvalue weighted by molar-refractivity contribution is -0.132. The summed E-state index contributed by atoms with van der Waals surface area (Å²) in [7, 11) is 0. The molecule has 0 N–H and O–H groups in total. The van der Waals surface area contributed by atoms with Crippen molar-refractivity contribution in [1.29, 1.82) is 0 Å². The van der Waals surface area contributed by atoms with Gasteiger partial charge in [0.25, 0.3) is 5.91 Å². The normalized spacial score (nSPS) is 14.5. The molecule has 1 fully saturated rings. The number of hydrogen-bond donors (Lipinski definition) is 0. The Morgan fingerprint density at radius 2 is 1.53 bits per heavy atom. The predicted octanol–water partition coefficient (Wildman–Crippen LogP) is 3.73. The molecule has 3 aromatic rings. The molecule has 2 aromatic carbocycles. The molecule has 0 saturated carbocycles. The van der Waals surface area contributed by atoms with Crippen molar-refractivity contribution in [1.82, 2.24) is 20.0 Å². The van der Waals surface area contributed by atoms with Crippen LogP contribution in [0.2, 0.25) is 0 Å². The first-order valence-corrected chi connectivity index (χ1v) is 11.8. The third kappa shape index (κ3) is 5.42. The minimum Gasteiger partial charge on any atom is -0.352 e. The second-order valence-corrected chi connectivity index (χ2v) is 8.57. The highest BCUT2D eigenvalue weighted by Gasteiger charge is 2.28. The minimum absolute atomic E-state index is 0.0173. The van der Waals surface area contributed by atoms with Crippen molar-refractivity contribution in [2.45, 2.75) is 26.3 Å². The van der Waals surface area contributed by atoms with E-state index in [4.69, 9.17) is 0 Å². The standard InChI is InChI=1S/C27H31N5O2/c1-3-21(2)32(27(34)23-12-8-5-9-13-23)20-26(33)31-18-16-30(17-19-31)25-15-14-24(28-29-25)22-10-6-4-7-11-22/h4-15,21H,3,16-20H2,1-2H3/t21-/m0/s1. The first-order chi connectivity index (χ1) is 16.6. The molecule has 2 heterocycles. The van der Waals surface area contributed by atoms with Crippen molar-refractivity contribution in [3.8, 4) is 11.3 Å². The van der Waals surface area contributed by atoms with E-state index >= 15 is 0 Å². The summed E-state index contributed by atoms with van der Waals surface area (Å²) in [5.74, 6) is 0.692. The van der Waals surface area contributed by atoms with Crippen LogP contribution in [0, 0.1) is 0 Å². The summed E-state index contributed by atoms with van der Waals surface area (Å²) in [6.07, 6.45) is 0.789. The van der Waals surface area contributed by atoms with Gasteiger partial charge in [0.2, 0.25) is 5.91 Å². The van der Waals surface area contributed by atoms with Gasteiger partial charge in [-0.15, -0.1) is 10.2 Å². The lowest BCUT2D eigenvalue weighted by Gasteiger charge is -2.37. The SMILES string of the molecule is CC[C@H](C)N(CC(=O)N1CCN(c2ccc(-c3ccccc3)nn2)CC1)C(=O)c1ccccc1. The molecule has 1 aliphatic heterocycles. The van der Waals surface area contributed by atoms with Crippen molar-refractivity contribution in [2.75, 3.05) is 37.6 Å². The maximum absolute atomic E-state index is 13.1. The van der Waals surface area contributed by atoms with Gasteiger partial charge in [0.1, 0.15) is 6.54 Å². The average Bonchev–Trinajstić information content (AvgIpc) is 2.92. The number of hydrogen-bond acceptors (Lipinski definition) is 5. The van der Waals surface area contributed by atoms with Crippen molar-refractivity contribution >= 4 is 17.6 Å². The Labute approximate surface area is 201 Å². The number of amides is 2. The highest BCUT2D eigenvalue weighted by atomic mass is 16.2. The summed E-state index contributed by atoms with van der Waals surface area (Å²) in [5, 5.41) is 8.79. The molecule has 1 aliphatic rings. The summed E-state index contributed by atoms with van der Waals surface area (Å²) >= 11 is 0. The van der Waals surface area contributed by atoms with Crippen molar-refractivity contribution < 1.29 is 9.59 Å². The van der Waals surface area contributed by atoms with E-state index in [2.05, 4.69) is 15.1 Å². The summed E-state index contributed by atoms with van der Waals surface area (Å²) in [4.78, 5) is 31.8. The number of carbonyl (C=O) groups excluding carboxylic acids is 2. The lowest BCUT2D eigenvalue weighted by atomic mass is 10.1. The third-order valence-electron chi connectivity index (χ3n) is 6.39. The van der Waals surface area contributed by atoms with Gasteiger partial charge in [-0.25, -0.2) is 0 Å². The van der Waals surface area contributed by atoms with Crippen molar-refractivity contribution in [2.24, 2.45) is 0 Å². The fraction of sp³-hybridized carbons (Fsp3) is 0.333. The molecule has 0 spiro atoms. The van der Waals surface area contributed by atoms with Gasteiger partial charge in [-0.3, -0.25) is 9.59 Å². The molecule has 1 saturated heterocycles. The largest absolute Gasteiger partial charge is 0.352 e. The number of rotatable bonds is 7. The Bertz CT molecular complexity index is 1080. The van der Waals surface area contributed by atoms with E-state index in [-0.39, 0.29) is 24.4 Å². The average molecular weight is 458 g/mol. The highest BCUT2D eigenvalue weighted by Crippen LogP contribution is 2.19. The molecule has 2 amide bonds.